The number of aromatic nitrogens is 3. The van der Waals surface area contributed by atoms with Crippen LogP contribution >= 0.6 is 11.3 Å². The lowest BCUT2D eigenvalue weighted by Crippen LogP contribution is -2.18. The van der Waals surface area contributed by atoms with Gasteiger partial charge in [0.2, 0.25) is 0 Å². The van der Waals surface area contributed by atoms with Crippen LogP contribution < -0.4 is 5.32 Å². The molecular weight excluding hydrogens is 280 g/mol. The predicted octanol–water partition coefficient (Wildman–Crippen LogP) is 3.66. The van der Waals surface area contributed by atoms with Crippen LogP contribution in [0.4, 0.5) is 0 Å². The van der Waals surface area contributed by atoms with E-state index in [1.54, 1.807) is 11.3 Å². The van der Waals surface area contributed by atoms with Crippen LogP contribution in [0.15, 0.2) is 18.5 Å². The third-order valence-corrected chi connectivity index (χ3v) is 5.38. The number of hydrogen-bond donors (Lipinski definition) is 1. The van der Waals surface area contributed by atoms with Crippen LogP contribution in [0, 0.1) is 6.92 Å². The molecule has 1 aliphatic carbocycles. The summed E-state index contributed by atoms with van der Waals surface area (Å²) in [5.41, 5.74) is 1.17. The van der Waals surface area contributed by atoms with Crippen LogP contribution in [0.1, 0.15) is 59.8 Å². The second-order valence-electron chi connectivity index (χ2n) is 5.91. The minimum atomic E-state index is 0.311. The average Bonchev–Trinajstić information content (AvgIpc) is 3.15. The normalized spacial score (nSPS) is 18.0. The first-order valence-corrected chi connectivity index (χ1v) is 8.71. The maximum absolute atomic E-state index is 4.81. The molecule has 2 aromatic rings. The molecule has 0 spiro atoms. The summed E-state index contributed by atoms with van der Waals surface area (Å²) in [5.74, 6) is 0. The Labute approximate surface area is 130 Å². The van der Waals surface area contributed by atoms with Gasteiger partial charge in [-0.05, 0) is 32.9 Å². The van der Waals surface area contributed by atoms with Crippen molar-refractivity contribution >= 4 is 11.3 Å². The lowest BCUT2D eigenvalue weighted by atomic mass is 9.96. The summed E-state index contributed by atoms with van der Waals surface area (Å²) < 4.78 is 2.19. The molecule has 1 atom stereocenters. The molecule has 2 heterocycles. The van der Waals surface area contributed by atoms with Gasteiger partial charge in [0.25, 0.3) is 0 Å². The molecule has 0 aliphatic heterocycles. The van der Waals surface area contributed by atoms with Crippen molar-refractivity contribution in [3.63, 3.8) is 0 Å². The molecule has 0 radical (unpaired) electrons. The highest BCUT2D eigenvalue weighted by molar-refractivity contribution is 7.11. The number of likely N-dealkylation sites (N-methyl/N-ethyl adjacent to an activating group) is 1. The van der Waals surface area contributed by atoms with Crippen molar-refractivity contribution in [1.82, 2.24) is 20.1 Å². The minimum absolute atomic E-state index is 0.311. The van der Waals surface area contributed by atoms with Crippen LogP contribution in [-0.2, 0) is 6.42 Å². The third-order valence-electron chi connectivity index (χ3n) is 4.36. The molecule has 0 amide bonds. The smallest absolute Gasteiger partial charge is 0.0897 e. The number of aryl methyl sites for hydroxylation is 1. The quantitative estimate of drug-likeness (QED) is 0.916. The van der Waals surface area contributed by atoms with Crippen LogP contribution in [0.5, 0.6) is 0 Å². The first kappa shape index (κ1) is 14.7. The zero-order valence-electron chi connectivity index (χ0n) is 12.9. The Balaban J connectivity index is 1.68. The zero-order valence-corrected chi connectivity index (χ0v) is 13.7. The Bertz CT molecular complexity index is 568. The standard InChI is InChI=1S/C16H24N4S/c1-12-18-11-16(21-12)15(17-2)10-13-8-9-20(19-13)14-6-4-3-5-7-14/h8-9,11,14-15,17H,3-7,10H2,1-2H3. The van der Waals surface area contributed by atoms with E-state index in [-0.39, 0.29) is 0 Å². The van der Waals surface area contributed by atoms with Gasteiger partial charge in [-0.15, -0.1) is 11.3 Å². The monoisotopic (exact) mass is 304 g/mol. The fourth-order valence-corrected chi connectivity index (χ4v) is 4.02. The summed E-state index contributed by atoms with van der Waals surface area (Å²) >= 11 is 1.77. The van der Waals surface area contributed by atoms with Gasteiger partial charge in [-0.25, -0.2) is 4.98 Å². The molecule has 0 bridgehead atoms. The van der Waals surface area contributed by atoms with E-state index in [1.165, 1.54) is 42.7 Å². The first-order chi connectivity index (χ1) is 10.3. The lowest BCUT2D eigenvalue weighted by Gasteiger charge is -2.21. The van der Waals surface area contributed by atoms with Gasteiger partial charge in [0, 0.05) is 29.7 Å². The molecule has 1 unspecified atom stereocenters. The largest absolute Gasteiger partial charge is 0.312 e. The van der Waals surface area contributed by atoms with Gasteiger partial charge < -0.3 is 5.32 Å². The topological polar surface area (TPSA) is 42.7 Å². The van der Waals surface area contributed by atoms with Crippen LogP contribution in [0.3, 0.4) is 0 Å². The Kier molecular flexibility index (Phi) is 4.70. The number of nitrogens with one attached hydrogen (secondary N) is 1. The maximum Gasteiger partial charge on any atom is 0.0897 e. The second kappa shape index (κ2) is 6.71. The number of thiazole rings is 1. The molecule has 1 N–H and O–H groups in total. The molecule has 1 aliphatic rings. The van der Waals surface area contributed by atoms with E-state index < -0.39 is 0 Å². The third kappa shape index (κ3) is 3.52. The molecule has 0 saturated heterocycles. The fraction of sp³-hybridized carbons (Fsp3) is 0.625. The predicted molar refractivity (Wildman–Crippen MR) is 86.7 cm³/mol. The SMILES string of the molecule is CNC(Cc1ccn(C2CCCCC2)n1)c1cnc(C)s1. The Morgan fingerprint density at radius 3 is 2.86 bits per heavy atom. The van der Waals surface area contributed by atoms with Gasteiger partial charge >= 0.3 is 0 Å². The van der Waals surface area contributed by atoms with Gasteiger partial charge in [0.15, 0.2) is 0 Å². The zero-order chi connectivity index (χ0) is 14.7. The van der Waals surface area contributed by atoms with E-state index in [2.05, 4.69) is 34.2 Å². The molecule has 0 aromatic carbocycles. The van der Waals surface area contributed by atoms with Crippen LogP contribution in [0.25, 0.3) is 0 Å². The van der Waals surface area contributed by atoms with Gasteiger partial charge in [-0.2, -0.15) is 5.10 Å². The van der Waals surface area contributed by atoms with E-state index in [0.717, 1.165) is 11.4 Å². The van der Waals surface area contributed by atoms with E-state index in [1.807, 2.05) is 13.2 Å². The number of rotatable bonds is 5. The Hall–Kier alpha value is -1.20. The van der Waals surface area contributed by atoms with E-state index in [0.29, 0.717) is 12.1 Å². The van der Waals surface area contributed by atoms with E-state index in [9.17, 15) is 0 Å². The molecule has 21 heavy (non-hydrogen) atoms. The van der Waals surface area contributed by atoms with Crippen molar-refractivity contribution in [2.75, 3.05) is 7.05 Å². The maximum atomic E-state index is 4.81. The van der Waals surface area contributed by atoms with E-state index >= 15 is 0 Å². The van der Waals surface area contributed by atoms with Crippen molar-refractivity contribution in [3.05, 3.63) is 34.0 Å². The molecule has 1 saturated carbocycles. The molecule has 5 heteroatoms. The highest BCUT2D eigenvalue weighted by Gasteiger charge is 2.18. The van der Waals surface area contributed by atoms with Gasteiger partial charge in [-0.1, -0.05) is 19.3 Å². The first-order valence-electron chi connectivity index (χ1n) is 7.90. The molecule has 114 valence electrons. The molecular formula is C16H24N4S. The molecule has 4 nitrogen and oxygen atoms in total. The highest BCUT2D eigenvalue weighted by atomic mass is 32.1. The summed E-state index contributed by atoms with van der Waals surface area (Å²) in [5, 5.41) is 9.33. The minimum Gasteiger partial charge on any atom is -0.312 e. The van der Waals surface area contributed by atoms with Gasteiger partial charge in [0.1, 0.15) is 0 Å². The number of nitrogens with zero attached hydrogens (tertiary/aromatic N) is 3. The van der Waals surface area contributed by atoms with Crippen molar-refractivity contribution in [2.24, 2.45) is 0 Å². The molecule has 3 rings (SSSR count). The molecule has 2 aromatic heterocycles. The summed E-state index contributed by atoms with van der Waals surface area (Å²) in [4.78, 5) is 5.65. The summed E-state index contributed by atoms with van der Waals surface area (Å²) in [7, 11) is 2.01. The fourth-order valence-electron chi connectivity index (χ4n) is 3.13. The van der Waals surface area contributed by atoms with Gasteiger partial charge in [0.05, 0.1) is 16.7 Å². The highest BCUT2D eigenvalue weighted by Crippen LogP contribution is 2.28. The lowest BCUT2D eigenvalue weighted by molar-refractivity contribution is 0.327. The average molecular weight is 304 g/mol. The number of hydrogen-bond acceptors (Lipinski definition) is 4. The van der Waals surface area contributed by atoms with Crippen molar-refractivity contribution in [2.45, 2.75) is 57.5 Å². The Morgan fingerprint density at radius 2 is 2.19 bits per heavy atom. The van der Waals surface area contributed by atoms with Crippen molar-refractivity contribution < 1.29 is 0 Å². The van der Waals surface area contributed by atoms with Crippen molar-refractivity contribution in [1.29, 1.82) is 0 Å². The second-order valence-corrected chi connectivity index (χ2v) is 7.17. The van der Waals surface area contributed by atoms with E-state index in [4.69, 9.17) is 5.10 Å². The van der Waals surface area contributed by atoms with Crippen molar-refractivity contribution in [3.8, 4) is 0 Å². The van der Waals surface area contributed by atoms with Crippen LogP contribution in [-0.4, -0.2) is 21.8 Å². The van der Waals surface area contributed by atoms with Crippen LogP contribution in [0.2, 0.25) is 0 Å². The summed E-state index contributed by atoms with van der Waals surface area (Å²) in [6.07, 6.45) is 11.7. The summed E-state index contributed by atoms with van der Waals surface area (Å²) in [6.45, 7) is 2.05. The Morgan fingerprint density at radius 1 is 1.38 bits per heavy atom. The summed E-state index contributed by atoms with van der Waals surface area (Å²) in [6, 6.07) is 3.10. The van der Waals surface area contributed by atoms with Gasteiger partial charge in [-0.3, -0.25) is 4.68 Å². The molecule has 1 fully saturated rings.